The van der Waals surface area contributed by atoms with Gasteiger partial charge in [0.2, 0.25) is 0 Å². The molecule has 0 bridgehead atoms. The Balaban J connectivity index is 1.82. The van der Waals surface area contributed by atoms with Gasteiger partial charge < -0.3 is 4.99 Å². The third-order valence-corrected chi connectivity index (χ3v) is 5.04. The van der Waals surface area contributed by atoms with E-state index >= 15 is 0 Å². The van der Waals surface area contributed by atoms with Gasteiger partial charge in [0.15, 0.2) is 0 Å². The van der Waals surface area contributed by atoms with Crippen molar-refractivity contribution in [3.8, 4) is 0 Å². The van der Waals surface area contributed by atoms with Crippen LogP contribution in [0.25, 0.3) is 21.8 Å². The minimum Gasteiger partial charge on any atom is -0.301 e. The molecule has 4 rings (SSSR count). The van der Waals surface area contributed by atoms with E-state index in [0.29, 0.717) is 11.8 Å². The fourth-order valence-corrected chi connectivity index (χ4v) is 3.78. The molecule has 1 aromatic heterocycles. The molecule has 1 aliphatic rings. The Kier molecular flexibility index (Phi) is 4.08. The Morgan fingerprint density at radius 3 is 2.33 bits per heavy atom. The molecule has 3 heteroatoms. The van der Waals surface area contributed by atoms with Gasteiger partial charge in [0.05, 0.1) is 16.7 Å². The summed E-state index contributed by atoms with van der Waals surface area (Å²) in [5.41, 5.74) is 3.03. The minimum atomic E-state index is 0.501. The molecule has 0 saturated heterocycles. The van der Waals surface area contributed by atoms with Gasteiger partial charge >= 0.3 is 0 Å². The van der Waals surface area contributed by atoms with Crippen LogP contribution in [0.3, 0.4) is 0 Å². The molecular weight excluding hydrogens is 294 g/mol. The zero-order chi connectivity index (χ0) is 16.4. The highest BCUT2D eigenvalue weighted by atomic mass is 14.8. The Bertz CT molecular complexity index is 859. The predicted molar refractivity (Wildman–Crippen MR) is 103 cm³/mol. The van der Waals surface area contributed by atoms with E-state index in [0.717, 1.165) is 34.0 Å². The number of hydrogen-bond acceptors (Lipinski definition) is 3. The van der Waals surface area contributed by atoms with Crippen molar-refractivity contribution >= 4 is 40.4 Å². The minimum absolute atomic E-state index is 0.501. The molecule has 0 radical (unpaired) electrons. The second kappa shape index (κ2) is 6.52. The van der Waals surface area contributed by atoms with Gasteiger partial charge in [-0.2, -0.15) is 0 Å². The van der Waals surface area contributed by atoms with E-state index in [1.54, 1.807) is 0 Å². The van der Waals surface area contributed by atoms with Crippen LogP contribution < -0.4 is 0 Å². The summed E-state index contributed by atoms with van der Waals surface area (Å²) in [6, 6.07) is 16.5. The van der Waals surface area contributed by atoms with Crippen molar-refractivity contribution in [2.24, 2.45) is 21.8 Å². The molecule has 2 atom stereocenters. The molecule has 1 fully saturated rings. The normalized spacial score (nSPS) is 21.0. The van der Waals surface area contributed by atoms with E-state index < -0.39 is 0 Å². The number of nitrogens with zero attached hydrogens (tertiary/aromatic N) is 3. The van der Waals surface area contributed by atoms with Crippen LogP contribution in [-0.4, -0.2) is 24.5 Å². The first-order valence-electron chi connectivity index (χ1n) is 8.61. The molecule has 0 amide bonds. The van der Waals surface area contributed by atoms with Gasteiger partial charge in [-0.25, -0.2) is 4.98 Å². The van der Waals surface area contributed by atoms with Gasteiger partial charge in [-0.05, 0) is 43.5 Å². The molecule has 3 nitrogen and oxygen atoms in total. The maximum atomic E-state index is 4.95. The Labute approximate surface area is 142 Å². The van der Waals surface area contributed by atoms with E-state index in [1.807, 2.05) is 12.1 Å². The summed E-state index contributed by atoms with van der Waals surface area (Å²) in [7, 11) is 0. The third kappa shape index (κ3) is 2.71. The molecule has 2 unspecified atom stereocenters. The van der Waals surface area contributed by atoms with E-state index in [-0.39, 0.29) is 0 Å². The molecule has 24 heavy (non-hydrogen) atoms. The van der Waals surface area contributed by atoms with Crippen LogP contribution in [-0.2, 0) is 0 Å². The lowest BCUT2D eigenvalue weighted by atomic mass is 9.97. The van der Waals surface area contributed by atoms with Gasteiger partial charge in [0.25, 0.3) is 0 Å². The Hall–Kier alpha value is -2.55. The lowest BCUT2D eigenvalue weighted by molar-refractivity contribution is 0.502. The molecule has 0 spiro atoms. The Morgan fingerprint density at radius 2 is 1.67 bits per heavy atom. The van der Waals surface area contributed by atoms with Crippen LogP contribution in [0.15, 0.2) is 58.5 Å². The lowest BCUT2D eigenvalue weighted by Crippen LogP contribution is -2.12. The first-order valence-corrected chi connectivity index (χ1v) is 8.61. The van der Waals surface area contributed by atoms with Crippen LogP contribution >= 0.6 is 0 Å². The maximum absolute atomic E-state index is 4.95. The second-order valence-corrected chi connectivity index (χ2v) is 6.53. The van der Waals surface area contributed by atoms with E-state index in [1.165, 1.54) is 19.3 Å². The number of pyridine rings is 1. The lowest BCUT2D eigenvalue weighted by Gasteiger charge is -2.13. The highest BCUT2D eigenvalue weighted by Crippen LogP contribution is 2.35. The second-order valence-electron chi connectivity index (χ2n) is 6.53. The third-order valence-electron chi connectivity index (χ3n) is 5.04. The van der Waals surface area contributed by atoms with Crippen LogP contribution in [0, 0.1) is 11.8 Å². The molecule has 120 valence electrons. The monoisotopic (exact) mass is 315 g/mol. The zero-order valence-corrected chi connectivity index (χ0v) is 13.7. The number of aromatic nitrogens is 1. The molecule has 1 heterocycles. The van der Waals surface area contributed by atoms with Crippen LogP contribution in [0.1, 0.15) is 19.3 Å². The molecule has 0 aliphatic heterocycles. The first-order chi connectivity index (χ1) is 11.9. The van der Waals surface area contributed by atoms with Crippen molar-refractivity contribution in [1.82, 2.24) is 4.98 Å². The van der Waals surface area contributed by atoms with Gasteiger partial charge in [-0.3, -0.25) is 4.99 Å². The van der Waals surface area contributed by atoms with Crippen LogP contribution in [0.4, 0.5) is 5.69 Å². The number of benzene rings is 2. The van der Waals surface area contributed by atoms with E-state index in [2.05, 4.69) is 54.3 Å². The Morgan fingerprint density at radius 1 is 1.00 bits per heavy atom. The summed E-state index contributed by atoms with van der Waals surface area (Å²) in [6.07, 6.45) is 5.84. The summed E-state index contributed by atoms with van der Waals surface area (Å²) < 4.78 is 0. The fourth-order valence-electron chi connectivity index (χ4n) is 3.78. The average Bonchev–Trinajstić information content (AvgIpc) is 3.06. The zero-order valence-electron chi connectivity index (χ0n) is 13.7. The molecule has 1 aliphatic carbocycles. The predicted octanol–water partition coefficient (Wildman–Crippen LogP) is 5.21. The summed E-state index contributed by atoms with van der Waals surface area (Å²) in [5, 5.41) is 2.23. The topological polar surface area (TPSA) is 37.6 Å². The molecule has 0 N–H and O–H groups in total. The number of rotatable bonds is 4. The van der Waals surface area contributed by atoms with Crippen molar-refractivity contribution in [3.05, 3.63) is 48.5 Å². The van der Waals surface area contributed by atoms with Crippen molar-refractivity contribution < 1.29 is 0 Å². The van der Waals surface area contributed by atoms with E-state index in [9.17, 15) is 0 Å². The van der Waals surface area contributed by atoms with Crippen molar-refractivity contribution in [1.29, 1.82) is 0 Å². The van der Waals surface area contributed by atoms with Crippen LogP contribution in [0.2, 0.25) is 0 Å². The van der Waals surface area contributed by atoms with Gasteiger partial charge in [0.1, 0.15) is 0 Å². The van der Waals surface area contributed by atoms with E-state index in [4.69, 9.17) is 9.98 Å². The summed E-state index contributed by atoms with van der Waals surface area (Å²) in [6.45, 7) is 4.50. The average molecular weight is 315 g/mol. The molecule has 3 aromatic rings. The number of aliphatic imine (C=N–C) groups is 2. The fraction of sp³-hybridized carbons (Fsp3) is 0.286. The number of hydrogen-bond donors (Lipinski definition) is 0. The van der Waals surface area contributed by atoms with Gasteiger partial charge in [-0.15, -0.1) is 0 Å². The highest BCUT2D eigenvalue weighted by molar-refractivity contribution is 6.06. The first kappa shape index (κ1) is 15.0. The summed E-state index contributed by atoms with van der Waals surface area (Å²) in [5.74, 6) is 1.09. The number of fused-ring (bicyclic) bond motifs is 2. The summed E-state index contributed by atoms with van der Waals surface area (Å²) >= 11 is 0. The smallest absolute Gasteiger partial charge is 0.0813 e. The van der Waals surface area contributed by atoms with Gasteiger partial charge in [-0.1, -0.05) is 42.8 Å². The van der Waals surface area contributed by atoms with Crippen molar-refractivity contribution in [2.75, 3.05) is 6.54 Å². The van der Waals surface area contributed by atoms with Gasteiger partial charge in [0, 0.05) is 23.5 Å². The maximum Gasteiger partial charge on any atom is 0.0813 e. The largest absolute Gasteiger partial charge is 0.301 e. The molecule has 2 aromatic carbocycles. The standard InChI is InChI=1S/C21H21N3/c1-22-13-15-7-6-8-16(15)14-23-21-17-9-2-4-11-19(17)24-20-12-5-3-10-18(20)21/h2-5,9-12,14-16H,1,6-8,13H2. The quantitative estimate of drug-likeness (QED) is 0.481. The molecule has 1 saturated carbocycles. The molecular formula is C21H21N3. The van der Waals surface area contributed by atoms with Crippen molar-refractivity contribution in [3.63, 3.8) is 0 Å². The van der Waals surface area contributed by atoms with Crippen molar-refractivity contribution in [2.45, 2.75) is 19.3 Å². The van der Waals surface area contributed by atoms with Crippen LogP contribution in [0.5, 0.6) is 0 Å². The number of para-hydroxylation sites is 2. The highest BCUT2D eigenvalue weighted by Gasteiger charge is 2.25. The SMILES string of the molecule is C=NCC1CCCC1C=Nc1c2ccccc2nc2ccccc12. The summed E-state index contributed by atoms with van der Waals surface area (Å²) in [4.78, 5) is 13.8.